The second kappa shape index (κ2) is 7.23. The van der Waals surface area contributed by atoms with E-state index < -0.39 is 0 Å². The molecule has 0 radical (unpaired) electrons. The standard InChI is InChI=1S/C18H18N2O3/c1-21-16-6-4-12(9-15(16)20)8-14(11-19)13-5-7-17(22-2)18(10-13)23-3/h4-10H,20H2,1-3H3/b14-8-. The number of nitriles is 1. The van der Waals surface area contributed by atoms with Gasteiger partial charge in [-0.1, -0.05) is 6.07 Å². The third-order valence-electron chi connectivity index (χ3n) is 3.38. The molecule has 0 aliphatic carbocycles. The predicted molar refractivity (Wildman–Crippen MR) is 90.4 cm³/mol. The summed E-state index contributed by atoms with van der Waals surface area (Å²) < 4.78 is 15.6. The molecule has 5 nitrogen and oxygen atoms in total. The highest BCUT2D eigenvalue weighted by Gasteiger charge is 2.08. The molecule has 0 atom stereocenters. The van der Waals surface area contributed by atoms with Gasteiger partial charge in [0, 0.05) is 0 Å². The Hall–Kier alpha value is -3.13. The van der Waals surface area contributed by atoms with Crippen LogP contribution in [-0.2, 0) is 0 Å². The summed E-state index contributed by atoms with van der Waals surface area (Å²) in [6, 6.07) is 12.9. The van der Waals surface area contributed by atoms with Crippen LogP contribution in [0.4, 0.5) is 5.69 Å². The van der Waals surface area contributed by atoms with Gasteiger partial charge in [0.05, 0.1) is 38.7 Å². The topological polar surface area (TPSA) is 77.5 Å². The lowest BCUT2D eigenvalue weighted by Gasteiger charge is -2.09. The molecular weight excluding hydrogens is 292 g/mol. The van der Waals surface area contributed by atoms with Crippen molar-refractivity contribution < 1.29 is 14.2 Å². The quantitative estimate of drug-likeness (QED) is 0.520. The molecule has 0 saturated carbocycles. The summed E-state index contributed by atoms with van der Waals surface area (Å²) in [6.07, 6.45) is 1.76. The second-order valence-electron chi connectivity index (χ2n) is 4.74. The Morgan fingerprint density at radius 2 is 1.61 bits per heavy atom. The molecule has 0 aliphatic rings. The first-order chi connectivity index (χ1) is 11.1. The van der Waals surface area contributed by atoms with Gasteiger partial charge in [-0.25, -0.2) is 0 Å². The van der Waals surface area contributed by atoms with E-state index in [0.29, 0.717) is 28.5 Å². The van der Waals surface area contributed by atoms with Gasteiger partial charge >= 0.3 is 0 Å². The van der Waals surface area contributed by atoms with Crippen LogP contribution in [0.5, 0.6) is 17.2 Å². The zero-order chi connectivity index (χ0) is 16.8. The molecule has 2 aromatic carbocycles. The van der Waals surface area contributed by atoms with Crippen LogP contribution < -0.4 is 19.9 Å². The third-order valence-corrected chi connectivity index (χ3v) is 3.38. The number of methoxy groups -OCH3 is 3. The number of ether oxygens (including phenoxy) is 3. The van der Waals surface area contributed by atoms with Gasteiger partial charge in [-0.3, -0.25) is 0 Å². The van der Waals surface area contributed by atoms with Crippen LogP contribution in [0.3, 0.4) is 0 Å². The van der Waals surface area contributed by atoms with E-state index in [4.69, 9.17) is 19.9 Å². The lowest BCUT2D eigenvalue weighted by molar-refractivity contribution is 0.355. The Balaban J connectivity index is 2.43. The van der Waals surface area contributed by atoms with Gasteiger partial charge in [0.2, 0.25) is 0 Å². The number of rotatable bonds is 5. The van der Waals surface area contributed by atoms with Crippen molar-refractivity contribution in [3.63, 3.8) is 0 Å². The highest BCUT2D eigenvalue weighted by Crippen LogP contribution is 2.31. The smallest absolute Gasteiger partial charge is 0.161 e. The van der Waals surface area contributed by atoms with E-state index in [1.165, 1.54) is 0 Å². The van der Waals surface area contributed by atoms with Crippen LogP contribution in [0, 0.1) is 11.3 Å². The largest absolute Gasteiger partial charge is 0.495 e. The van der Waals surface area contributed by atoms with Crippen molar-refractivity contribution in [1.29, 1.82) is 5.26 Å². The van der Waals surface area contributed by atoms with Crippen LogP contribution in [0.15, 0.2) is 36.4 Å². The molecule has 118 valence electrons. The number of anilines is 1. The van der Waals surface area contributed by atoms with Gasteiger partial charge in [-0.05, 0) is 47.5 Å². The van der Waals surface area contributed by atoms with Crippen LogP contribution in [0.1, 0.15) is 11.1 Å². The number of nitrogen functional groups attached to an aromatic ring is 1. The molecule has 0 aliphatic heterocycles. The second-order valence-corrected chi connectivity index (χ2v) is 4.74. The Kier molecular flexibility index (Phi) is 5.11. The first kappa shape index (κ1) is 16.2. The molecule has 0 heterocycles. The molecular formula is C18H18N2O3. The van der Waals surface area contributed by atoms with Crippen LogP contribution >= 0.6 is 0 Å². The Morgan fingerprint density at radius 3 is 2.17 bits per heavy atom. The minimum atomic E-state index is 0.496. The molecule has 0 amide bonds. The maximum atomic E-state index is 9.45. The van der Waals surface area contributed by atoms with E-state index in [0.717, 1.165) is 11.1 Å². The molecule has 0 aromatic heterocycles. The summed E-state index contributed by atoms with van der Waals surface area (Å²) in [6.45, 7) is 0. The summed E-state index contributed by atoms with van der Waals surface area (Å²) in [5, 5.41) is 9.45. The van der Waals surface area contributed by atoms with Crippen molar-refractivity contribution in [2.75, 3.05) is 27.1 Å². The molecule has 2 rings (SSSR count). The monoisotopic (exact) mass is 310 g/mol. The highest BCUT2D eigenvalue weighted by molar-refractivity contribution is 5.90. The van der Waals surface area contributed by atoms with E-state index in [1.54, 1.807) is 51.7 Å². The molecule has 5 heteroatoms. The van der Waals surface area contributed by atoms with E-state index in [2.05, 4.69) is 6.07 Å². The van der Waals surface area contributed by atoms with Crippen LogP contribution in [0.25, 0.3) is 11.6 Å². The van der Waals surface area contributed by atoms with Gasteiger partial charge in [0.25, 0.3) is 0 Å². The van der Waals surface area contributed by atoms with E-state index in [9.17, 15) is 5.26 Å². The molecule has 0 spiro atoms. The van der Waals surface area contributed by atoms with Crippen molar-refractivity contribution in [3.8, 4) is 23.3 Å². The Morgan fingerprint density at radius 1 is 0.957 bits per heavy atom. The molecule has 23 heavy (non-hydrogen) atoms. The fraction of sp³-hybridized carbons (Fsp3) is 0.167. The molecule has 0 bridgehead atoms. The highest BCUT2D eigenvalue weighted by atomic mass is 16.5. The van der Waals surface area contributed by atoms with Gasteiger partial charge in [0.1, 0.15) is 5.75 Å². The minimum absolute atomic E-state index is 0.496. The fourth-order valence-electron chi connectivity index (χ4n) is 2.19. The summed E-state index contributed by atoms with van der Waals surface area (Å²) in [5.74, 6) is 1.79. The summed E-state index contributed by atoms with van der Waals surface area (Å²) >= 11 is 0. The molecule has 0 unspecified atom stereocenters. The zero-order valence-electron chi connectivity index (χ0n) is 13.3. The third kappa shape index (κ3) is 3.55. The molecule has 2 N–H and O–H groups in total. The van der Waals surface area contributed by atoms with Gasteiger partial charge < -0.3 is 19.9 Å². The van der Waals surface area contributed by atoms with E-state index in [1.807, 2.05) is 12.1 Å². The first-order valence-corrected chi connectivity index (χ1v) is 6.90. The summed E-state index contributed by atoms with van der Waals surface area (Å²) in [4.78, 5) is 0. The molecule has 0 fully saturated rings. The lowest BCUT2D eigenvalue weighted by atomic mass is 10.0. The van der Waals surface area contributed by atoms with Crippen molar-refractivity contribution in [1.82, 2.24) is 0 Å². The number of hydrogen-bond donors (Lipinski definition) is 1. The number of hydrogen-bond acceptors (Lipinski definition) is 5. The van der Waals surface area contributed by atoms with E-state index in [-0.39, 0.29) is 0 Å². The van der Waals surface area contributed by atoms with Crippen molar-refractivity contribution in [2.45, 2.75) is 0 Å². The van der Waals surface area contributed by atoms with Crippen molar-refractivity contribution in [2.24, 2.45) is 0 Å². The SMILES string of the molecule is COc1ccc(/C=C(/C#N)c2ccc(OC)c(OC)c2)cc1N. The van der Waals surface area contributed by atoms with Gasteiger partial charge in [-0.2, -0.15) is 5.26 Å². The average molecular weight is 310 g/mol. The summed E-state index contributed by atoms with van der Waals surface area (Å²) in [5.41, 5.74) is 8.46. The maximum absolute atomic E-state index is 9.45. The molecule has 2 aromatic rings. The van der Waals surface area contributed by atoms with Gasteiger partial charge in [-0.15, -0.1) is 0 Å². The zero-order valence-corrected chi connectivity index (χ0v) is 13.3. The summed E-state index contributed by atoms with van der Waals surface area (Å²) in [7, 11) is 4.69. The fourth-order valence-corrected chi connectivity index (χ4v) is 2.19. The predicted octanol–water partition coefficient (Wildman–Crippen LogP) is 3.36. The minimum Gasteiger partial charge on any atom is -0.495 e. The van der Waals surface area contributed by atoms with Crippen LogP contribution in [-0.4, -0.2) is 21.3 Å². The normalized spacial score (nSPS) is 10.8. The first-order valence-electron chi connectivity index (χ1n) is 6.90. The number of benzene rings is 2. The maximum Gasteiger partial charge on any atom is 0.161 e. The number of nitrogens with two attached hydrogens (primary N) is 1. The van der Waals surface area contributed by atoms with Crippen LogP contribution in [0.2, 0.25) is 0 Å². The lowest BCUT2D eigenvalue weighted by Crippen LogP contribution is -1.93. The number of allylic oxidation sites excluding steroid dienone is 1. The van der Waals surface area contributed by atoms with Crippen molar-refractivity contribution in [3.05, 3.63) is 47.5 Å². The average Bonchev–Trinajstić information content (AvgIpc) is 2.59. The number of nitrogens with zero attached hydrogens (tertiary/aromatic N) is 1. The van der Waals surface area contributed by atoms with Crippen molar-refractivity contribution >= 4 is 17.3 Å². The van der Waals surface area contributed by atoms with E-state index >= 15 is 0 Å². The Bertz CT molecular complexity index is 776. The van der Waals surface area contributed by atoms with Gasteiger partial charge in [0.15, 0.2) is 11.5 Å². The molecule has 0 saturated heterocycles. The Labute approximate surface area is 135 Å².